The molecule has 4 nitrogen and oxygen atoms in total. The molecule has 0 aromatic heterocycles. The Morgan fingerprint density at radius 2 is 1.69 bits per heavy atom. The molecule has 0 radical (unpaired) electrons. The Kier molecular flexibility index (Phi) is 10.1. The molecule has 0 saturated heterocycles. The van der Waals surface area contributed by atoms with E-state index < -0.39 is 8.53 Å². The second-order valence-corrected chi connectivity index (χ2v) is 2.53. The van der Waals surface area contributed by atoms with Gasteiger partial charge in [-0.1, -0.05) is 18.2 Å². The SMILES string of the molecule is Cl.Cl.NP(O)OOc1ccccc1. The van der Waals surface area contributed by atoms with Gasteiger partial charge in [0.25, 0.3) is 8.53 Å². The molecule has 0 aliphatic heterocycles. The summed E-state index contributed by atoms with van der Waals surface area (Å²) in [6, 6.07) is 8.80. The third-order valence-corrected chi connectivity index (χ3v) is 1.18. The van der Waals surface area contributed by atoms with Crippen LogP contribution in [0.3, 0.4) is 0 Å². The molecule has 1 rings (SSSR count). The summed E-state index contributed by atoms with van der Waals surface area (Å²) in [5, 5.41) is 0. The lowest BCUT2D eigenvalue weighted by molar-refractivity contribution is -0.0981. The Bertz CT molecular complexity index is 212. The lowest BCUT2D eigenvalue weighted by Gasteiger charge is -2.03. The molecule has 0 amide bonds. The van der Waals surface area contributed by atoms with Gasteiger partial charge >= 0.3 is 0 Å². The van der Waals surface area contributed by atoms with Crippen molar-refractivity contribution >= 4 is 33.3 Å². The molecule has 7 heteroatoms. The molecule has 0 heterocycles. The summed E-state index contributed by atoms with van der Waals surface area (Å²) < 4.78 is 4.33. The van der Waals surface area contributed by atoms with Gasteiger partial charge in [0, 0.05) is 0 Å². The fourth-order valence-electron chi connectivity index (χ4n) is 0.557. The van der Waals surface area contributed by atoms with Gasteiger partial charge in [0.15, 0.2) is 5.75 Å². The maximum absolute atomic E-state index is 8.51. The van der Waals surface area contributed by atoms with Crippen molar-refractivity contribution in [3.05, 3.63) is 30.3 Å². The molecular weight excluding hydrogens is 236 g/mol. The summed E-state index contributed by atoms with van der Waals surface area (Å²) in [5.74, 6) is 0.513. The van der Waals surface area contributed by atoms with Crippen molar-refractivity contribution < 1.29 is 14.5 Å². The minimum Gasteiger partial charge on any atom is -0.336 e. The van der Waals surface area contributed by atoms with Gasteiger partial charge in [-0.2, -0.15) is 0 Å². The van der Waals surface area contributed by atoms with Gasteiger partial charge in [-0.3, -0.25) is 5.50 Å². The van der Waals surface area contributed by atoms with Crippen LogP contribution in [0.4, 0.5) is 0 Å². The van der Waals surface area contributed by atoms with E-state index in [2.05, 4.69) is 9.56 Å². The highest BCUT2D eigenvalue weighted by atomic mass is 35.5. The normalized spacial score (nSPS) is 10.6. The van der Waals surface area contributed by atoms with E-state index in [0.29, 0.717) is 5.75 Å². The Hall–Kier alpha value is -0.0900. The molecule has 0 fully saturated rings. The molecule has 1 aromatic rings. The van der Waals surface area contributed by atoms with Gasteiger partial charge in [0.1, 0.15) is 0 Å². The van der Waals surface area contributed by atoms with E-state index in [1.807, 2.05) is 6.07 Å². The molecule has 1 atom stereocenters. The van der Waals surface area contributed by atoms with Crippen LogP contribution in [0.15, 0.2) is 30.3 Å². The largest absolute Gasteiger partial charge is 0.336 e. The zero-order valence-corrected chi connectivity index (χ0v) is 9.02. The number of benzene rings is 1. The van der Waals surface area contributed by atoms with Gasteiger partial charge < -0.3 is 9.78 Å². The van der Waals surface area contributed by atoms with Crippen LogP contribution in [-0.2, 0) is 4.67 Å². The molecule has 0 saturated carbocycles. The van der Waals surface area contributed by atoms with Gasteiger partial charge in [-0.05, 0) is 12.1 Å². The second-order valence-electron chi connectivity index (χ2n) is 1.77. The highest BCUT2D eigenvalue weighted by Gasteiger charge is 1.98. The predicted molar refractivity (Wildman–Crippen MR) is 56.0 cm³/mol. The summed E-state index contributed by atoms with van der Waals surface area (Å²) in [5.41, 5.74) is 4.91. The first-order valence-electron chi connectivity index (χ1n) is 2.92. The van der Waals surface area contributed by atoms with E-state index >= 15 is 0 Å². The van der Waals surface area contributed by atoms with Crippen molar-refractivity contribution in [1.82, 2.24) is 0 Å². The maximum Gasteiger partial charge on any atom is 0.297 e. The van der Waals surface area contributed by atoms with Crippen LogP contribution < -0.4 is 10.4 Å². The highest BCUT2D eigenvalue weighted by molar-refractivity contribution is 7.43. The van der Waals surface area contributed by atoms with Crippen LogP contribution in [-0.4, -0.2) is 4.89 Å². The number of hydrogen-bond acceptors (Lipinski definition) is 4. The minimum atomic E-state index is -1.95. The maximum atomic E-state index is 8.51. The second kappa shape index (κ2) is 8.51. The van der Waals surface area contributed by atoms with Gasteiger partial charge in [0.05, 0.1) is 0 Å². The molecule has 0 aliphatic rings. The first-order chi connectivity index (χ1) is 5.29. The zero-order chi connectivity index (χ0) is 8.10. The molecule has 0 spiro atoms. The van der Waals surface area contributed by atoms with E-state index in [-0.39, 0.29) is 24.8 Å². The van der Waals surface area contributed by atoms with Gasteiger partial charge in [-0.15, -0.1) is 29.5 Å². The number of nitrogens with two attached hydrogens (primary N) is 1. The number of halogens is 2. The van der Waals surface area contributed by atoms with Crippen molar-refractivity contribution in [2.24, 2.45) is 5.50 Å². The average Bonchev–Trinajstić information content (AvgIpc) is 2.03. The highest BCUT2D eigenvalue weighted by Crippen LogP contribution is 2.21. The molecular formula is C6H10Cl2NO3P. The zero-order valence-electron chi connectivity index (χ0n) is 6.49. The third-order valence-electron chi connectivity index (χ3n) is 0.953. The van der Waals surface area contributed by atoms with Crippen LogP contribution in [0.2, 0.25) is 0 Å². The first kappa shape index (κ1) is 15.4. The summed E-state index contributed by atoms with van der Waals surface area (Å²) in [7, 11) is -1.95. The van der Waals surface area contributed by atoms with Crippen LogP contribution in [0.25, 0.3) is 0 Å². The Balaban J connectivity index is 0. The summed E-state index contributed by atoms with van der Waals surface area (Å²) in [6.07, 6.45) is 0. The average molecular weight is 246 g/mol. The lowest BCUT2D eigenvalue weighted by atomic mass is 10.3. The smallest absolute Gasteiger partial charge is 0.297 e. The van der Waals surface area contributed by atoms with Crippen molar-refractivity contribution in [3.8, 4) is 5.75 Å². The predicted octanol–water partition coefficient (Wildman–Crippen LogP) is 2.02. The van der Waals surface area contributed by atoms with Crippen molar-refractivity contribution in [2.75, 3.05) is 0 Å². The van der Waals surface area contributed by atoms with E-state index in [9.17, 15) is 0 Å². The molecule has 0 aliphatic carbocycles. The molecule has 1 aromatic carbocycles. The standard InChI is InChI=1S/C6H8NO3P.2ClH/c7-11(8)10-9-6-4-2-1-3-5-6;;/h1-5,8H,7H2;2*1H. The molecule has 1 unspecified atom stereocenters. The van der Waals surface area contributed by atoms with Gasteiger partial charge in [0.2, 0.25) is 0 Å². The van der Waals surface area contributed by atoms with Crippen LogP contribution in [0, 0.1) is 0 Å². The Labute approximate surface area is 89.8 Å². The number of para-hydroxylation sites is 1. The topological polar surface area (TPSA) is 64.7 Å². The van der Waals surface area contributed by atoms with E-state index in [0.717, 1.165) is 0 Å². The minimum absolute atomic E-state index is 0. The third kappa shape index (κ3) is 7.02. The van der Waals surface area contributed by atoms with E-state index in [1.54, 1.807) is 24.3 Å². The fraction of sp³-hybridized carbons (Fsp3) is 0. The van der Waals surface area contributed by atoms with Crippen LogP contribution in [0.5, 0.6) is 5.75 Å². The summed E-state index contributed by atoms with van der Waals surface area (Å²) >= 11 is 0. The van der Waals surface area contributed by atoms with E-state index in [1.165, 1.54) is 0 Å². The molecule has 76 valence electrons. The monoisotopic (exact) mass is 245 g/mol. The van der Waals surface area contributed by atoms with Gasteiger partial charge in [-0.25, -0.2) is 0 Å². The van der Waals surface area contributed by atoms with E-state index in [4.69, 9.17) is 10.4 Å². The Morgan fingerprint density at radius 1 is 1.15 bits per heavy atom. The number of rotatable bonds is 3. The first-order valence-corrected chi connectivity index (χ1v) is 4.20. The van der Waals surface area contributed by atoms with Crippen molar-refractivity contribution in [3.63, 3.8) is 0 Å². The van der Waals surface area contributed by atoms with Crippen molar-refractivity contribution in [1.29, 1.82) is 0 Å². The lowest BCUT2D eigenvalue weighted by Crippen LogP contribution is -1.96. The van der Waals surface area contributed by atoms with Crippen LogP contribution >= 0.6 is 33.3 Å². The fourth-order valence-corrected chi connectivity index (χ4v) is 0.720. The summed E-state index contributed by atoms with van der Waals surface area (Å²) in [6.45, 7) is 0. The Morgan fingerprint density at radius 3 is 2.15 bits per heavy atom. The molecule has 3 N–H and O–H groups in total. The molecule has 13 heavy (non-hydrogen) atoms. The number of hydrogen-bond donors (Lipinski definition) is 2. The van der Waals surface area contributed by atoms with Crippen molar-refractivity contribution in [2.45, 2.75) is 0 Å². The van der Waals surface area contributed by atoms with Crippen LogP contribution in [0.1, 0.15) is 0 Å². The summed E-state index contributed by atoms with van der Waals surface area (Å²) in [4.78, 5) is 13.1. The quantitative estimate of drug-likeness (QED) is 0.486. The molecule has 0 bridgehead atoms.